The monoisotopic (exact) mass is 734 g/mol. The molecule has 0 fully saturated rings. The number of benzene rings is 10. The quantitative estimate of drug-likeness (QED) is 0.0970. The normalized spacial score (nSPS) is 11.7. The molecule has 0 atom stereocenters. The van der Waals surface area contributed by atoms with Gasteiger partial charge in [-0.25, -0.2) is 0 Å². The molecule has 0 aliphatic carbocycles. The third-order valence-electron chi connectivity index (χ3n) is 11.4. The van der Waals surface area contributed by atoms with E-state index in [-0.39, 0.29) is 0 Å². The van der Waals surface area contributed by atoms with Crippen molar-refractivity contribution in [1.29, 1.82) is 10.5 Å². The molecular formula is C56H34N2. The summed E-state index contributed by atoms with van der Waals surface area (Å²) in [7, 11) is 0. The van der Waals surface area contributed by atoms with Crippen LogP contribution < -0.4 is 0 Å². The van der Waals surface area contributed by atoms with Crippen LogP contribution in [-0.2, 0) is 0 Å². The van der Waals surface area contributed by atoms with Crippen molar-refractivity contribution in [2.24, 2.45) is 0 Å². The molecule has 58 heavy (non-hydrogen) atoms. The van der Waals surface area contributed by atoms with E-state index in [2.05, 4.69) is 182 Å². The van der Waals surface area contributed by atoms with Crippen LogP contribution in [0, 0.1) is 22.7 Å². The van der Waals surface area contributed by atoms with E-state index < -0.39 is 0 Å². The second-order valence-corrected chi connectivity index (χ2v) is 14.5. The Labute approximate surface area is 337 Å². The van der Waals surface area contributed by atoms with E-state index in [1.54, 1.807) is 0 Å². The zero-order chi connectivity index (χ0) is 39.0. The highest BCUT2D eigenvalue weighted by molar-refractivity contribution is 6.24. The molecule has 10 aromatic rings. The Morgan fingerprint density at radius 2 is 0.517 bits per heavy atom. The molecule has 0 spiro atoms. The SMILES string of the molecule is N#C/C(=C(\C#N)c1ccc2c(-c3ccccc3)c(-c3ccccc3)c3ccccc3c2c1)c1ccc2c(-c3ccccc3)c(-c3ccccc3)c3ccccc3c2c1. The van der Waals surface area contributed by atoms with Crippen molar-refractivity contribution in [3.05, 3.63) is 217 Å². The molecule has 0 radical (unpaired) electrons. The third kappa shape index (κ3) is 5.72. The van der Waals surface area contributed by atoms with Crippen LogP contribution in [0.2, 0.25) is 0 Å². The molecule has 0 saturated heterocycles. The molecule has 0 bridgehead atoms. The fourth-order valence-corrected chi connectivity index (χ4v) is 8.84. The van der Waals surface area contributed by atoms with Crippen molar-refractivity contribution >= 4 is 54.2 Å². The first-order chi connectivity index (χ1) is 28.7. The maximum Gasteiger partial charge on any atom is 0.101 e. The molecule has 0 unspecified atom stereocenters. The van der Waals surface area contributed by atoms with E-state index in [1.165, 1.54) is 11.1 Å². The number of hydrogen-bond donors (Lipinski definition) is 0. The van der Waals surface area contributed by atoms with Crippen molar-refractivity contribution in [2.45, 2.75) is 0 Å². The van der Waals surface area contributed by atoms with Gasteiger partial charge < -0.3 is 0 Å². The van der Waals surface area contributed by atoms with Gasteiger partial charge in [0, 0.05) is 0 Å². The van der Waals surface area contributed by atoms with E-state index in [4.69, 9.17) is 0 Å². The van der Waals surface area contributed by atoms with Crippen LogP contribution in [0.25, 0.3) is 98.7 Å². The Morgan fingerprint density at radius 1 is 0.259 bits per heavy atom. The minimum Gasteiger partial charge on any atom is -0.192 e. The summed E-state index contributed by atoms with van der Waals surface area (Å²) in [6.45, 7) is 0. The summed E-state index contributed by atoms with van der Waals surface area (Å²) in [5.41, 5.74) is 11.2. The summed E-state index contributed by atoms with van der Waals surface area (Å²) in [4.78, 5) is 0. The van der Waals surface area contributed by atoms with Crippen LogP contribution in [0.4, 0.5) is 0 Å². The van der Waals surface area contributed by atoms with Crippen molar-refractivity contribution in [3.63, 3.8) is 0 Å². The molecule has 0 aliphatic heterocycles. The maximum absolute atomic E-state index is 10.9. The Bertz CT molecular complexity index is 3090. The van der Waals surface area contributed by atoms with Crippen LogP contribution in [0.1, 0.15) is 11.1 Å². The Kier molecular flexibility index (Phi) is 8.65. The number of nitriles is 2. The summed E-state index contributed by atoms with van der Waals surface area (Å²) < 4.78 is 0. The summed E-state index contributed by atoms with van der Waals surface area (Å²) >= 11 is 0. The average Bonchev–Trinajstić information content (AvgIpc) is 3.30. The second-order valence-electron chi connectivity index (χ2n) is 14.5. The zero-order valence-corrected chi connectivity index (χ0v) is 31.5. The fraction of sp³-hybridized carbons (Fsp3) is 0. The highest BCUT2D eigenvalue weighted by Crippen LogP contribution is 2.47. The minimum absolute atomic E-state index is 0.342. The lowest BCUT2D eigenvalue weighted by Crippen LogP contribution is -1.95. The lowest BCUT2D eigenvalue weighted by Gasteiger charge is -2.20. The van der Waals surface area contributed by atoms with Crippen LogP contribution in [0.15, 0.2) is 206 Å². The van der Waals surface area contributed by atoms with Gasteiger partial charge in [0.2, 0.25) is 0 Å². The summed E-state index contributed by atoms with van der Waals surface area (Å²) in [6.07, 6.45) is 0. The maximum atomic E-state index is 10.9. The number of hydrogen-bond acceptors (Lipinski definition) is 2. The molecule has 10 rings (SSSR count). The fourth-order valence-electron chi connectivity index (χ4n) is 8.84. The molecule has 2 heteroatoms. The summed E-state index contributed by atoms with van der Waals surface area (Å²) in [5.74, 6) is 0. The van der Waals surface area contributed by atoms with Gasteiger partial charge in [0.25, 0.3) is 0 Å². The van der Waals surface area contributed by atoms with Gasteiger partial charge in [-0.3, -0.25) is 0 Å². The molecule has 0 amide bonds. The minimum atomic E-state index is 0.342. The lowest BCUT2D eigenvalue weighted by atomic mass is 9.83. The van der Waals surface area contributed by atoms with Crippen molar-refractivity contribution in [3.8, 4) is 56.6 Å². The Balaban J connectivity index is 1.23. The predicted octanol–water partition coefficient (Wildman–Crippen LogP) is 14.9. The van der Waals surface area contributed by atoms with Crippen LogP contribution in [0.5, 0.6) is 0 Å². The van der Waals surface area contributed by atoms with Gasteiger partial charge in [-0.2, -0.15) is 10.5 Å². The lowest BCUT2D eigenvalue weighted by molar-refractivity contribution is 1.50. The van der Waals surface area contributed by atoms with Crippen LogP contribution in [0.3, 0.4) is 0 Å². The van der Waals surface area contributed by atoms with E-state index in [0.29, 0.717) is 22.3 Å². The molecule has 268 valence electrons. The predicted molar refractivity (Wildman–Crippen MR) is 243 cm³/mol. The molecule has 0 aliphatic rings. The topological polar surface area (TPSA) is 47.6 Å². The van der Waals surface area contributed by atoms with Crippen molar-refractivity contribution < 1.29 is 0 Å². The summed E-state index contributed by atoms with van der Waals surface area (Å²) in [6, 6.07) is 76.6. The highest BCUT2D eigenvalue weighted by Gasteiger charge is 2.22. The largest absolute Gasteiger partial charge is 0.192 e. The first-order valence-corrected chi connectivity index (χ1v) is 19.5. The Morgan fingerprint density at radius 3 is 0.810 bits per heavy atom. The number of nitrogens with zero attached hydrogens (tertiary/aromatic N) is 2. The number of fused-ring (bicyclic) bond motifs is 6. The van der Waals surface area contributed by atoms with Gasteiger partial charge in [0.15, 0.2) is 0 Å². The van der Waals surface area contributed by atoms with Crippen LogP contribution in [-0.4, -0.2) is 0 Å². The molecule has 0 heterocycles. The van der Waals surface area contributed by atoms with Gasteiger partial charge in [-0.1, -0.05) is 194 Å². The molecule has 0 saturated carbocycles. The smallest absolute Gasteiger partial charge is 0.101 e. The Hall–Kier alpha value is -8.04. The van der Waals surface area contributed by atoms with Gasteiger partial charge in [-0.05, 0) is 111 Å². The molecule has 2 nitrogen and oxygen atoms in total. The first kappa shape index (κ1) is 34.5. The first-order valence-electron chi connectivity index (χ1n) is 19.5. The van der Waals surface area contributed by atoms with E-state index in [9.17, 15) is 10.5 Å². The van der Waals surface area contributed by atoms with Gasteiger partial charge in [0.1, 0.15) is 12.1 Å². The van der Waals surface area contributed by atoms with Crippen molar-refractivity contribution in [1.82, 2.24) is 0 Å². The van der Waals surface area contributed by atoms with Crippen molar-refractivity contribution in [2.75, 3.05) is 0 Å². The molecule has 0 N–H and O–H groups in total. The summed E-state index contributed by atoms with van der Waals surface area (Å²) in [5, 5.41) is 30.5. The van der Waals surface area contributed by atoms with E-state index >= 15 is 0 Å². The van der Waals surface area contributed by atoms with Gasteiger partial charge in [0.05, 0.1) is 11.1 Å². The van der Waals surface area contributed by atoms with Crippen LogP contribution >= 0.6 is 0 Å². The van der Waals surface area contributed by atoms with Gasteiger partial charge >= 0.3 is 0 Å². The number of rotatable bonds is 6. The van der Waals surface area contributed by atoms with E-state index in [0.717, 1.165) is 76.5 Å². The van der Waals surface area contributed by atoms with Gasteiger partial charge in [-0.15, -0.1) is 0 Å². The third-order valence-corrected chi connectivity index (χ3v) is 11.4. The highest BCUT2D eigenvalue weighted by atomic mass is 14.3. The molecule has 0 aromatic heterocycles. The molecule has 10 aromatic carbocycles. The average molecular weight is 735 g/mol. The standard InChI is InChI=1S/C56H34N2/c57-35-51(41-29-31-47-49(33-41)43-25-13-15-27-45(43)53(37-17-5-1-6-18-37)55(47)39-21-9-3-10-22-39)52(36-58)42-30-32-48-50(34-42)44-26-14-16-28-46(44)54(38-19-7-2-8-20-38)56(48)40-23-11-4-12-24-40/h1-34H/b52-51-. The second kappa shape index (κ2) is 14.6. The van der Waals surface area contributed by atoms with E-state index in [1.807, 2.05) is 36.4 Å². The number of allylic oxidation sites excluding steroid dienone is 2. The zero-order valence-electron chi connectivity index (χ0n) is 31.5. The molecular weight excluding hydrogens is 701 g/mol.